The molecule has 0 rings (SSSR count). The Balaban J connectivity index is 4.38. The van der Waals surface area contributed by atoms with Crippen LogP contribution in [0.3, 0.4) is 0 Å². The Morgan fingerprint density at radius 3 is 2.50 bits per heavy atom. The molecule has 0 fully saturated rings. The molecule has 1 unspecified atom stereocenters. The van der Waals surface area contributed by atoms with Crippen LogP contribution >= 0.6 is 0 Å². The number of rotatable bonds is 10. The lowest BCUT2D eigenvalue weighted by Crippen LogP contribution is -2.47. The summed E-state index contributed by atoms with van der Waals surface area (Å²) in [6.07, 6.45) is -0.437. The van der Waals surface area contributed by atoms with E-state index in [1.54, 1.807) is 0 Å². The molecule has 0 aromatic heterocycles. The minimum absolute atomic E-state index is 0.00793. The van der Waals surface area contributed by atoms with Crippen LogP contribution in [-0.2, 0) is 24.5 Å². The molecule has 5 N–H and O–H groups in total. The number of carboxylic acid groups (broad SMARTS) is 1. The maximum Gasteiger partial charge on any atom is 0.321 e. The first-order chi connectivity index (χ1) is 8.28. The van der Waals surface area contributed by atoms with Gasteiger partial charge in [-0.1, -0.05) is 0 Å². The number of carbonyl (C=O) groups excluding carboxylic acids is 1. The Labute approximate surface area is 105 Å². The van der Waals surface area contributed by atoms with Gasteiger partial charge in [0.15, 0.2) is 0 Å². The van der Waals surface area contributed by atoms with Crippen molar-refractivity contribution in [1.29, 1.82) is 0 Å². The average Bonchev–Trinajstić information content (AvgIpc) is 2.23. The smallest absolute Gasteiger partial charge is 0.321 e. The van der Waals surface area contributed by atoms with E-state index in [4.69, 9.17) is 10.8 Å². The van der Waals surface area contributed by atoms with Crippen LogP contribution in [0, 0.1) is 0 Å². The van der Waals surface area contributed by atoms with Gasteiger partial charge in [-0.15, -0.1) is 0 Å². The molecule has 10 heteroatoms. The van der Waals surface area contributed by atoms with Gasteiger partial charge in [-0.25, -0.2) is 0 Å². The van der Waals surface area contributed by atoms with Crippen molar-refractivity contribution < 1.29 is 27.9 Å². The third-order valence-electron chi connectivity index (χ3n) is 1.87. The molecule has 0 aliphatic heterocycles. The van der Waals surface area contributed by atoms with Crippen molar-refractivity contribution in [3.05, 3.63) is 0 Å². The first kappa shape index (κ1) is 16.8. The highest BCUT2D eigenvalue weighted by molar-refractivity contribution is 7.87. The van der Waals surface area contributed by atoms with Crippen molar-refractivity contribution >= 4 is 22.1 Å². The van der Waals surface area contributed by atoms with Crippen LogP contribution in [0.2, 0.25) is 0 Å². The van der Waals surface area contributed by atoms with Crippen LogP contribution < -0.4 is 15.2 Å². The lowest BCUT2D eigenvalue weighted by atomic mass is 10.2. The Hall–Kier alpha value is -1.23. The van der Waals surface area contributed by atoms with E-state index in [1.165, 1.54) is 7.11 Å². The molecular formula is C8H17N3O6S. The van der Waals surface area contributed by atoms with Gasteiger partial charge in [-0.2, -0.15) is 17.9 Å². The van der Waals surface area contributed by atoms with E-state index in [0.29, 0.717) is 0 Å². The molecule has 0 saturated heterocycles. The van der Waals surface area contributed by atoms with Crippen LogP contribution in [0.25, 0.3) is 0 Å². The summed E-state index contributed by atoms with van der Waals surface area (Å²) in [5.74, 6) is -2.08. The maximum absolute atomic E-state index is 11.4. The molecule has 0 radical (unpaired) electrons. The van der Waals surface area contributed by atoms with E-state index in [-0.39, 0.29) is 26.0 Å². The van der Waals surface area contributed by atoms with Gasteiger partial charge in [0.1, 0.15) is 6.04 Å². The summed E-state index contributed by atoms with van der Waals surface area (Å²) in [7, 11) is -2.56. The molecule has 106 valence electrons. The number of nitrogens with two attached hydrogens (primary N) is 1. The van der Waals surface area contributed by atoms with Crippen LogP contribution in [0.1, 0.15) is 12.8 Å². The van der Waals surface area contributed by atoms with Crippen molar-refractivity contribution in [2.24, 2.45) is 5.73 Å². The predicted octanol–water partition coefficient (Wildman–Crippen LogP) is -2.22. The standard InChI is InChI=1S/C8H17N3O6S/c1-17-5-4-10-18(15,16)11-6(8(13)14)2-3-7(9)12/h6,10-11H,2-5H2,1H3,(H2,9,12)(H,13,14). The highest BCUT2D eigenvalue weighted by Crippen LogP contribution is 1.99. The second kappa shape index (κ2) is 7.97. The average molecular weight is 283 g/mol. The summed E-state index contributed by atoms with van der Waals surface area (Å²) in [5, 5.41) is 8.79. The lowest BCUT2D eigenvalue weighted by molar-refractivity contribution is -0.139. The van der Waals surface area contributed by atoms with Gasteiger partial charge in [-0.05, 0) is 6.42 Å². The number of carboxylic acids is 1. The van der Waals surface area contributed by atoms with Crippen molar-refractivity contribution in [3.8, 4) is 0 Å². The number of aliphatic carboxylic acids is 1. The number of nitrogens with one attached hydrogen (secondary N) is 2. The van der Waals surface area contributed by atoms with Gasteiger partial charge < -0.3 is 15.6 Å². The number of amides is 1. The quantitative estimate of drug-likeness (QED) is 0.334. The molecular weight excluding hydrogens is 266 g/mol. The monoisotopic (exact) mass is 283 g/mol. The first-order valence-electron chi connectivity index (χ1n) is 5.05. The summed E-state index contributed by atoms with van der Waals surface area (Å²) in [4.78, 5) is 21.3. The number of carbonyl (C=O) groups is 2. The second-order valence-electron chi connectivity index (χ2n) is 3.40. The molecule has 0 aromatic carbocycles. The summed E-state index contributed by atoms with van der Waals surface area (Å²) in [5.41, 5.74) is 4.86. The Morgan fingerprint density at radius 2 is 2.06 bits per heavy atom. The zero-order valence-corrected chi connectivity index (χ0v) is 10.7. The fraction of sp³-hybridized carbons (Fsp3) is 0.750. The number of ether oxygens (including phenoxy) is 1. The number of hydrogen-bond acceptors (Lipinski definition) is 5. The van der Waals surface area contributed by atoms with Gasteiger partial charge in [0.05, 0.1) is 6.61 Å². The Morgan fingerprint density at radius 1 is 1.44 bits per heavy atom. The zero-order chi connectivity index (χ0) is 14.2. The van der Waals surface area contributed by atoms with E-state index >= 15 is 0 Å². The van der Waals surface area contributed by atoms with Gasteiger partial charge >= 0.3 is 5.97 Å². The third-order valence-corrected chi connectivity index (χ3v) is 3.05. The largest absolute Gasteiger partial charge is 0.480 e. The number of methoxy groups -OCH3 is 1. The van der Waals surface area contributed by atoms with E-state index in [1.807, 2.05) is 4.72 Å². The zero-order valence-electron chi connectivity index (χ0n) is 9.88. The summed E-state index contributed by atoms with van der Waals surface area (Å²) in [6.45, 7) is 0.161. The van der Waals surface area contributed by atoms with Crippen molar-refractivity contribution in [3.63, 3.8) is 0 Å². The Kier molecular flexibility index (Phi) is 7.43. The van der Waals surface area contributed by atoms with Crippen LogP contribution in [0.5, 0.6) is 0 Å². The molecule has 0 heterocycles. The van der Waals surface area contributed by atoms with Crippen LogP contribution in [0.4, 0.5) is 0 Å². The second-order valence-corrected chi connectivity index (χ2v) is 4.94. The summed E-state index contributed by atoms with van der Waals surface area (Å²) >= 11 is 0. The van der Waals surface area contributed by atoms with E-state index in [9.17, 15) is 18.0 Å². The maximum atomic E-state index is 11.4. The molecule has 0 aromatic rings. The SMILES string of the molecule is COCCNS(=O)(=O)NC(CCC(N)=O)C(=O)O. The normalized spacial score (nSPS) is 13.2. The molecule has 1 amide bonds. The van der Waals surface area contributed by atoms with Crippen molar-refractivity contribution in [2.45, 2.75) is 18.9 Å². The summed E-state index contributed by atoms with van der Waals surface area (Å²) in [6, 6.07) is -1.41. The number of hydrogen-bond donors (Lipinski definition) is 4. The molecule has 0 bridgehead atoms. The van der Waals surface area contributed by atoms with Gasteiger partial charge in [-0.3, -0.25) is 9.59 Å². The lowest BCUT2D eigenvalue weighted by Gasteiger charge is -2.14. The highest BCUT2D eigenvalue weighted by Gasteiger charge is 2.23. The molecule has 0 aliphatic rings. The van der Waals surface area contributed by atoms with Gasteiger partial charge in [0, 0.05) is 20.1 Å². The van der Waals surface area contributed by atoms with Crippen LogP contribution in [0.15, 0.2) is 0 Å². The summed E-state index contributed by atoms with van der Waals surface area (Å²) < 4.78 is 31.4. The van der Waals surface area contributed by atoms with Gasteiger partial charge in [0.2, 0.25) is 5.91 Å². The van der Waals surface area contributed by atoms with E-state index in [2.05, 4.69) is 9.46 Å². The molecule has 0 aliphatic carbocycles. The van der Waals surface area contributed by atoms with E-state index in [0.717, 1.165) is 0 Å². The minimum atomic E-state index is -3.96. The first-order valence-corrected chi connectivity index (χ1v) is 6.53. The molecule has 0 saturated carbocycles. The predicted molar refractivity (Wildman–Crippen MR) is 61.8 cm³/mol. The van der Waals surface area contributed by atoms with Crippen molar-refractivity contribution in [1.82, 2.24) is 9.44 Å². The molecule has 0 spiro atoms. The third kappa shape index (κ3) is 7.95. The topological polar surface area (TPSA) is 148 Å². The van der Waals surface area contributed by atoms with Crippen LogP contribution in [-0.4, -0.2) is 51.7 Å². The molecule has 9 nitrogen and oxygen atoms in total. The fourth-order valence-electron chi connectivity index (χ4n) is 1.03. The minimum Gasteiger partial charge on any atom is -0.480 e. The highest BCUT2D eigenvalue weighted by atomic mass is 32.2. The molecule has 18 heavy (non-hydrogen) atoms. The Bertz CT molecular complexity index is 382. The van der Waals surface area contributed by atoms with E-state index < -0.39 is 28.1 Å². The molecule has 1 atom stereocenters. The number of primary amides is 1. The van der Waals surface area contributed by atoms with Gasteiger partial charge in [0.25, 0.3) is 10.2 Å². The van der Waals surface area contributed by atoms with Crippen molar-refractivity contribution in [2.75, 3.05) is 20.3 Å². The fourth-order valence-corrected chi connectivity index (χ4v) is 2.06.